The SMILES string of the molecule is C[NH+](C)CCCNC(=S)N1CCc2ccccc21. The van der Waals surface area contributed by atoms with E-state index in [1.54, 1.807) is 0 Å². The molecule has 0 unspecified atom stereocenters. The van der Waals surface area contributed by atoms with Crippen molar-refractivity contribution in [2.24, 2.45) is 0 Å². The van der Waals surface area contributed by atoms with Crippen molar-refractivity contribution in [3.63, 3.8) is 0 Å². The quantitative estimate of drug-likeness (QED) is 0.609. The first-order valence-electron chi connectivity index (χ1n) is 6.61. The molecular weight excluding hydrogens is 242 g/mol. The summed E-state index contributed by atoms with van der Waals surface area (Å²) in [7, 11) is 4.35. The topological polar surface area (TPSA) is 19.7 Å². The van der Waals surface area contributed by atoms with Gasteiger partial charge < -0.3 is 15.1 Å². The summed E-state index contributed by atoms with van der Waals surface area (Å²) in [6.45, 7) is 3.14. The second-order valence-corrected chi connectivity index (χ2v) is 5.46. The van der Waals surface area contributed by atoms with E-state index >= 15 is 0 Å². The van der Waals surface area contributed by atoms with Crippen molar-refractivity contribution in [3.8, 4) is 0 Å². The number of benzene rings is 1. The molecule has 0 atom stereocenters. The van der Waals surface area contributed by atoms with Crippen LogP contribution in [0.5, 0.6) is 0 Å². The minimum absolute atomic E-state index is 0.869. The molecule has 0 spiro atoms. The van der Waals surface area contributed by atoms with Gasteiger partial charge in [0.2, 0.25) is 0 Å². The fraction of sp³-hybridized carbons (Fsp3) is 0.500. The van der Waals surface area contributed by atoms with E-state index in [0.717, 1.165) is 31.0 Å². The molecule has 0 aromatic heterocycles. The monoisotopic (exact) mass is 264 g/mol. The lowest BCUT2D eigenvalue weighted by Gasteiger charge is -2.21. The molecule has 0 radical (unpaired) electrons. The molecule has 0 fully saturated rings. The van der Waals surface area contributed by atoms with Crippen LogP contribution >= 0.6 is 12.2 Å². The highest BCUT2D eigenvalue weighted by atomic mass is 32.1. The molecule has 18 heavy (non-hydrogen) atoms. The lowest BCUT2D eigenvalue weighted by atomic mass is 10.2. The Bertz CT molecular complexity index is 417. The first kappa shape index (κ1) is 13.3. The average molecular weight is 264 g/mol. The summed E-state index contributed by atoms with van der Waals surface area (Å²) in [6.07, 6.45) is 2.25. The minimum Gasteiger partial charge on any atom is -0.362 e. The zero-order chi connectivity index (χ0) is 13.0. The van der Waals surface area contributed by atoms with Crippen molar-refractivity contribution in [2.75, 3.05) is 38.6 Å². The fourth-order valence-electron chi connectivity index (χ4n) is 2.28. The summed E-state index contributed by atoms with van der Waals surface area (Å²) >= 11 is 5.48. The van der Waals surface area contributed by atoms with E-state index < -0.39 is 0 Å². The highest BCUT2D eigenvalue weighted by Gasteiger charge is 2.21. The number of hydrogen-bond donors (Lipinski definition) is 2. The first-order valence-corrected chi connectivity index (χ1v) is 7.01. The van der Waals surface area contributed by atoms with E-state index in [4.69, 9.17) is 12.2 Å². The maximum Gasteiger partial charge on any atom is 0.173 e. The standard InChI is InChI=1S/C14H21N3S/c1-16(2)10-5-9-15-14(18)17-11-8-12-6-3-4-7-13(12)17/h3-4,6-7H,5,8-11H2,1-2H3,(H,15,18)/p+1. The summed E-state index contributed by atoms with van der Waals surface area (Å²) in [5.41, 5.74) is 2.67. The molecule has 1 aromatic rings. The second-order valence-electron chi connectivity index (χ2n) is 5.07. The van der Waals surface area contributed by atoms with Gasteiger partial charge in [0.05, 0.1) is 20.6 Å². The summed E-state index contributed by atoms with van der Waals surface area (Å²) in [6, 6.07) is 8.52. The van der Waals surface area contributed by atoms with Gasteiger partial charge in [-0.25, -0.2) is 0 Å². The van der Waals surface area contributed by atoms with Crippen LogP contribution in [0, 0.1) is 0 Å². The van der Waals surface area contributed by atoms with Crippen LogP contribution in [0.1, 0.15) is 12.0 Å². The van der Waals surface area contributed by atoms with Gasteiger partial charge in [-0.1, -0.05) is 18.2 Å². The summed E-state index contributed by atoms with van der Waals surface area (Å²) < 4.78 is 0. The predicted molar refractivity (Wildman–Crippen MR) is 80.4 cm³/mol. The molecule has 98 valence electrons. The molecule has 4 heteroatoms. The van der Waals surface area contributed by atoms with Gasteiger partial charge in [-0.15, -0.1) is 0 Å². The number of anilines is 1. The number of hydrogen-bond acceptors (Lipinski definition) is 1. The van der Waals surface area contributed by atoms with Gasteiger partial charge in [-0.05, 0) is 30.3 Å². The third-order valence-electron chi connectivity index (χ3n) is 3.26. The van der Waals surface area contributed by atoms with Crippen molar-refractivity contribution in [3.05, 3.63) is 29.8 Å². The Balaban J connectivity index is 1.84. The van der Waals surface area contributed by atoms with Gasteiger partial charge >= 0.3 is 0 Å². The molecule has 1 aliphatic rings. The summed E-state index contributed by atoms with van der Waals surface area (Å²) in [4.78, 5) is 3.70. The normalized spacial score (nSPS) is 13.8. The molecule has 0 saturated heterocycles. The Labute approximate surface area is 115 Å². The molecule has 1 heterocycles. The maximum atomic E-state index is 5.48. The van der Waals surface area contributed by atoms with E-state index in [1.165, 1.54) is 22.7 Å². The number of fused-ring (bicyclic) bond motifs is 1. The summed E-state index contributed by atoms with van der Waals surface area (Å²) in [5.74, 6) is 0. The maximum absolute atomic E-state index is 5.48. The van der Waals surface area contributed by atoms with E-state index in [1.807, 2.05) is 0 Å². The number of rotatable bonds is 4. The number of quaternary nitrogens is 1. The van der Waals surface area contributed by atoms with Gasteiger partial charge in [0.15, 0.2) is 5.11 Å². The fourth-order valence-corrected chi connectivity index (χ4v) is 2.57. The van der Waals surface area contributed by atoms with E-state index in [-0.39, 0.29) is 0 Å². The van der Waals surface area contributed by atoms with Crippen LogP contribution in [0.25, 0.3) is 0 Å². The number of nitrogens with one attached hydrogen (secondary N) is 2. The molecule has 0 bridgehead atoms. The Kier molecular flexibility index (Phi) is 4.55. The number of nitrogens with zero attached hydrogens (tertiary/aromatic N) is 1. The van der Waals surface area contributed by atoms with Crippen LogP contribution in [0.4, 0.5) is 5.69 Å². The van der Waals surface area contributed by atoms with Crippen molar-refractivity contribution in [2.45, 2.75) is 12.8 Å². The van der Waals surface area contributed by atoms with E-state index in [0.29, 0.717) is 0 Å². The van der Waals surface area contributed by atoms with Crippen LogP contribution in [-0.4, -0.2) is 38.8 Å². The van der Waals surface area contributed by atoms with Gasteiger partial charge in [0, 0.05) is 25.2 Å². The van der Waals surface area contributed by atoms with Crippen LogP contribution in [0.2, 0.25) is 0 Å². The van der Waals surface area contributed by atoms with Gasteiger partial charge in [-0.2, -0.15) is 0 Å². The highest BCUT2D eigenvalue weighted by molar-refractivity contribution is 7.80. The second kappa shape index (κ2) is 6.16. The number of para-hydroxylation sites is 1. The van der Waals surface area contributed by atoms with Crippen LogP contribution in [0.15, 0.2) is 24.3 Å². The average Bonchev–Trinajstić information content (AvgIpc) is 2.78. The molecular formula is C14H22N3S+. The van der Waals surface area contributed by atoms with Crippen molar-refractivity contribution in [1.29, 1.82) is 0 Å². The lowest BCUT2D eigenvalue weighted by molar-refractivity contribution is -0.858. The van der Waals surface area contributed by atoms with Crippen LogP contribution in [-0.2, 0) is 6.42 Å². The largest absolute Gasteiger partial charge is 0.362 e. The van der Waals surface area contributed by atoms with Gasteiger partial charge in [-0.3, -0.25) is 0 Å². The Morgan fingerprint density at radius 2 is 2.17 bits per heavy atom. The van der Waals surface area contributed by atoms with Gasteiger partial charge in [0.1, 0.15) is 0 Å². The van der Waals surface area contributed by atoms with Gasteiger partial charge in [0.25, 0.3) is 0 Å². The molecule has 1 aromatic carbocycles. The third kappa shape index (κ3) is 3.21. The van der Waals surface area contributed by atoms with Crippen molar-refractivity contribution in [1.82, 2.24) is 5.32 Å². The van der Waals surface area contributed by atoms with E-state index in [9.17, 15) is 0 Å². The summed E-state index contributed by atoms with van der Waals surface area (Å²) in [5, 5.41) is 4.23. The lowest BCUT2D eigenvalue weighted by Crippen LogP contribution is -3.05. The predicted octanol–water partition coefficient (Wildman–Crippen LogP) is 0.458. The Morgan fingerprint density at radius 3 is 2.94 bits per heavy atom. The zero-order valence-corrected chi connectivity index (χ0v) is 12.0. The Hall–Kier alpha value is -1.13. The molecule has 0 amide bonds. The Morgan fingerprint density at radius 1 is 1.39 bits per heavy atom. The zero-order valence-electron chi connectivity index (χ0n) is 11.2. The van der Waals surface area contributed by atoms with E-state index in [2.05, 4.69) is 48.6 Å². The molecule has 0 saturated carbocycles. The van der Waals surface area contributed by atoms with Crippen LogP contribution < -0.4 is 15.1 Å². The highest BCUT2D eigenvalue weighted by Crippen LogP contribution is 2.27. The van der Waals surface area contributed by atoms with Crippen LogP contribution in [0.3, 0.4) is 0 Å². The molecule has 1 aliphatic heterocycles. The third-order valence-corrected chi connectivity index (χ3v) is 3.63. The van der Waals surface area contributed by atoms with Crippen molar-refractivity contribution < 1.29 is 4.90 Å². The molecule has 3 nitrogen and oxygen atoms in total. The smallest absolute Gasteiger partial charge is 0.173 e. The molecule has 0 aliphatic carbocycles. The van der Waals surface area contributed by atoms with Crippen molar-refractivity contribution >= 4 is 23.0 Å². The molecule has 2 rings (SSSR count). The number of thiocarbonyl (C=S) groups is 1. The first-order chi connectivity index (χ1) is 8.68. The minimum atomic E-state index is 0.869. The molecule has 2 N–H and O–H groups in total.